The summed E-state index contributed by atoms with van der Waals surface area (Å²) in [5.41, 5.74) is 6.55. The van der Waals surface area contributed by atoms with Crippen molar-refractivity contribution < 1.29 is 4.74 Å². The number of ether oxygens (including phenoxy) is 1. The topological polar surface area (TPSA) is 40.8 Å². The number of hydrogen-bond acceptors (Lipinski definition) is 1. The van der Waals surface area contributed by atoms with Crippen LogP contribution in [0.5, 0.6) is 5.75 Å². The Labute approximate surface area is 198 Å². The van der Waals surface area contributed by atoms with Crippen molar-refractivity contribution in [1.82, 2.24) is 9.97 Å². The maximum atomic E-state index is 7.07. The van der Waals surface area contributed by atoms with E-state index in [1.54, 1.807) is 0 Å². The first-order valence-electron chi connectivity index (χ1n) is 11.8. The van der Waals surface area contributed by atoms with Crippen molar-refractivity contribution in [2.45, 2.75) is 17.9 Å². The second-order valence-corrected chi connectivity index (χ2v) is 9.13. The number of nitrogens with one attached hydrogen (secondary N) is 2. The minimum absolute atomic E-state index is 0.176. The zero-order chi connectivity index (χ0) is 22.5. The molecule has 0 saturated heterocycles. The molecule has 6 aromatic rings. The molecule has 2 N–H and O–H groups in total. The van der Waals surface area contributed by atoms with E-state index in [1.165, 1.54) is 38.5 Å². The van der Waals surface area contributed by atoms with Crippen molar-refractivity contribution in [2.24, 2.45) is 0 Å². The van der Waals surface area contributed by atoms with E-state index >= 15 is 0 Å². The van der Waals surface area contributed by atoms with Gasteiger partial charge in [-0.15, -0.1) is 0 Å². The lowest BCUT2D eigenvalue weighted by atomic mass is 9.72. The fraction of sp³-hybridized carbons (Fsp3) is 0.0968. The highest BCUT2D eigenvalue weighted by Gasteiger charge is 2.46. The van der Waals surface area contributed by atoms with Gasteiger partial charge < -0.3 is 14.7 Å². The van der Waals surface area contributed by atoms with Crippen LogP contribution < -0.4 is 4.74 Å². The molecule has 1 aliphatic heterocycles. The molecule has 2 aromatic heterocycles. The number of hydrogen-bond donors (Lipinski definition) is 2. The zero-order valence-corrected chi connectivity index (χ0v) is 18.7. The van der Waals surface area contributed by atoms with Crippen molar-refractivity contribution in [2.75, 3.05) is 0 Å². The fourth-order valence-electron chi connectivity index (χ4n) is 5.76. The number of benzene rings is 4. The Morgan fingerprint density at radius 2 is 1.26 bits per heavy atom. The molecule has 0 amide bonds. The van der Waals surface area contributed by atoms with Crippen LogP contribution in [0.15, 0.2) is 116 Å². The molecule has 7 rings (SSSR count). The number of aromatic amines is 2. The van der Waals surface area contributed by atoms with Gasteiger partial charge in [0.25, 0.3) is 0 Å². The average Bonchev–Trinajstić information content (AvgIpc) is 3.53. The van der Waals surface area contributed by atoms with Crippen LogP contribution in [0.3, 0.4) is 0 Å². The van der Waals surface area contributed by atoms with E-state index in [0.29, 0.717) is 0 Å². The van der Waals surface area contributed by atoms with Gasteiger partial charge in [0, 0.05) is 63.2 Å². The van der Waals surface area contributed by atoms with Gasteiger partial charge >= 0.3 is 0 Å². The summed E-state index contributed by atoms with van der Waals surface area (Å²) in [4.78, 5) is 7.00. The Balaban J connectivity index is 1.52. The number of aromatic nitrogens is 2. The molecule has 3 nitrogen and oxygen atoms in total. The summed E-state index contributed by atoms with van der Waals surface area (Å²) < 4.78 is 7.07. The van der Waals surface area contributed by atoms with Gasteiger partial charge in [-0.3, -0.25) is 0 Å². The quantitative estimate of drug-likeness (QED) is 0.294. The van der Waals surface area contributed by atoms with Gasteiger partial charge in [-0.25, -0.2) is 0 Å². The highest BCUT2D eigenvalue weighted by molar-refractivity contribution is 5.86. The van der Waals surface area contributed by atoms with Gasteiger partial charge in [0.15, 0.2) is 5.60 Å². The summed E-state index contributed by atoms with van der Waals surface area (Å²) in [6.45, 7) is 0. The van der Waals surface area contributed by atoms with Gasteiger partial charge in [0.05, 0.1) is 0 Å². The zero-order valence-electron chi connectivity index (χ0n) is 18.7. The summed E-state index contributed by atoms with van der Waals surface area (Å²) in [6.07, 6.45) is 5.12. The van der Waals surface area contributed by atoms with Crippen LogP contribution in [-0.2, 0) is 5.60 Å². The van der Waals surface area contributed by atoms with Crippen LogP contribution >= 0.6 is 0 Å². The number of fused-ring (bicyclic) bond motifs is 3. The minimum atomic E-state index is -0.627. The molecule has 0 radical (unpaired) electrons. The maximum Gasteiger partial charge on any atom is 0.162 e. The van der Waals surface area contributed by atoms with Crippen molar-refractivity contribution >= 4 is 21.8 Å². The molecule has 3 heterocycles. The van der Waals surface area contributed by atoms with Crippen molar-refractivity contribution in [3.63, 3.8) is 0 Å². The maximum absolute atomic E-state index is 7.07. The molecule has 2 unspecified atom stereocenters. The number of para-hydroxylation sites is 3. The highest BCUT2D eigenvalue weighted by Crippen LogP contribution is 2.53. The largest absolute Gasteiger partial charge is 0.477 e. The normalized spacial score (nSPS) is 19.7. The summed E-state index contributed by atoms with van der Waals surface area (Å²) in [5, 5.41) is 2.47. The van der Waals surface area contributed by atoms with Gasteiger partial charge in [-0.1, -0.05) is 84.9 Å². The fourth-order valence-corrected chi connectivity index (χ4v) is 5.76. The molecular formula is C31H24N2O. The third-order valence-electron chi connectivity index (χ3n) is 7.33. The summed E-state index contributed by atoms with van der Waals surface area (Å²) in [6, 6.07) is 36.3. The van der Waals surface area contributed by atoms with Crippen molar-refractivity contribution in [3.05, 3.63) is 138 Å². The second-order valence-electron chi connectivity index (χ2n) is 9.13. The number of H-pyrrole nitrogens is 2. The Morgan fingerprint density at radius 3 is 2.12 bits per heavy atom. The third-order valence-corrected chi connectivity index (χ3v) is 7.33. The first kappa shape index (κ1) is 19.2. The van der Waals surface area contributed by atoms with Crippen LogP contribution in [-0.4, -0.2) is 9.97 Å². The average molecular weight is 441 g/mol. The van der Waals surface area contributed by atoms with Crippen molar-refractivity contribution in [1.29, 1.82) is 0 Å². The minimum Gasteiger partial charge on any atom is -0.477 e. The van der Waals surface area contributed by atoms with Crippen LogP contribution in [0.25, 0.3) is 21.8 Å². The molecule has 0 saturated carbocycles. The predicted molar refractivity (Wildman–Crippen MR) is 137 cm³/mol. The molecule has 0 fully saturated rings. The van der Waals surface area contributed by atoms with E-state index < -0.39 is 5.60 Å². The molecule has 3 heteroatoms. The van der Waals surface area contributed by atoms with E-state index in [0.717, 1.165) is 17.7 Å². The molecule has 2 atom stereocenters. The highest BCUT2D eigenvalue weighted by atomic mass is 16.5. The van der Waals surface area contributed by atoms with Gasteiger partial charge in [0.1, 0.15) is 5.75 Å². The lowest BCUT2D eigenvalue weighted by molar-refractivity contribution is 0.0792. The molecule has 34 heavy (non-hydrogen) atoms. The molecule has 4 aromatic carbocycles. The molecule has 1 aliphatic rings. The summed E-state index contributed by atoms with van der Waals surface area (Å²) in [5.74, 6) is 1.12. The molecule has 0 aliphatic carbocycles. The van der Waals surface area contributed by atoms with E-state index in [-0.39, 0.29) is 5.92 Å². The SMILES string of the molecule is c1ccc(C2(c3c[nH]c4ccccc34)CC(c3c[nH]c4ccccc34)c3ccccc3O2)cc1. The standard InChI is InChI=1S/C31H24N2O/c1-2-10-21(11-3-1)31(27-20-33-29-16-8-5-14-24(27)29)18-25(23-13-6-9-17-30(23)34-31)26-19-32-28-15-7-4-12-22(26)28/h1-17,19-20,25,32-33H,18H2. The monoisotopic (exact) mass is 440 g/mol. The number of rotatable bonds is 3. The molecule has 164 valence electrons. The van der Waals surface area contributed by atoms with Crippen molar-refractivity contribution in [3.8, 4) is 5.75 Å². The predicted octanol–water partition coefficient (Wildman–Crippen LogP) is 7.51. The molecule has 0 spiro atoms. The first-order chi connectivity index (χ1) is 16.8. The van der Waals surface area contributed by atoms with Gasteiger partial charge in [-0.05, 0) is 23.8 Å². The van der Waals surface area contributed by atoms with Gasteiger partial charge in [-0.2, -0.15) is 0 Å². The Hall–Kier alpha value is -4.24. The Kier molecular flexibility index (Phi) is 4.18. The van der Waals surface area contributed by atoms with Crippen LogP contribution in [0, 0.1) is 0 Å². The summed E-state index contributed by atoms with van der Waals surface area (Å²) in [7, 11) is 0. The molecular weight excluding hydrogens is 416 g/mol. The van der Waals surface area contributed by atoms with E-state index in [4.69, 9.17) is 4.74 Å². The third kappa shape index (κ3) is 2.77. The van der Waals surface area contributed by atoms with Gasteiger partial charge in [0.2, 0.25) is 0 Å². The van der Waals surface area contributed by atoms with E-state index in [2.05, 4.69) is 125 Å². The summed E-state index contributed by atoms with van der Waals surface area (Å²) >= 11 is 0. The van der Waals surface area contributed by atoms with Crippen LogP contribution in [0.1, 0.15) is 34.6 Å². The first-order valence-corrected chi connectivity index (χ1v) is 11.8. The Morgan fingerprint density at radius 1 is 0.618 bits per heavy atom. The lowest BCUT2D eigenvalue weighted by Gasteiger charge is -2.43. The Bertz CT molecular complexity index is 1630. The lowest BCUT2D eigenvalue weighted by Crippen LogP contribution is -2.39. The smallest absolute Gasteiger partial charge is 0.162 e. The van der Waals surface area contributed by atoms with E-state index in [1.807, 2.05) is 0 Å². The molecule has 0 bridgehead atoms. The van der Waals surface area contributed by atoms with E-state index in [9.17, 15) is 0 Å². The second kappa shape index (κ2) is 7.39. The van der Waals surface area contributed by atoms with Crippen LogP contribution in [0.2, 0.25) is 0 Å². The van der Waals surface area contributed by atoms with Crippen LogP contribution in [0.4, 0.5) is 0 Å².